The summed E-state index contributed by atoms with van der Waals surface area (Å²) >= 11 is 6.21. The zero-order valence-corrected chi connectivity index (χ0v) is 14.6. The minimum absolute atomic E-state index is 0.0339. The number of nitrogens with zero attached hydrogens (tertiary/aromatic N) is 4. The molecular weight excluding hydrogens is 328 g/mol. The van der Waals surface area contributed by atoms with Crippen molar-refractivity contribution in [1.82, 2.24) is 19.6 Å². The Balaban J connectivity index is 1.67. The Morgan fingerprint density at radius 3 is 2.54 bits per heavy atom. The summed E-state index contributed by atoms with van der Waals surface area (Å²) in [5, 5.41) is 4.73. The van der Waals surface area contributed by atoms with Gasteiger partial charge >= 0.3 is 0 Å². The lowest BCUT2D eigenvalue weighted by molar-refractivity contribution is -0.139. The van der Waals surface area contributed by atoms with Gasteiger partial charge in [0, 0.05) is 26.2 Å². The molecule has 1 saturated heterocycles. The molecule has 1 atom stereocenters. The van der Waals surface area contributed by atoms with Crippen molar-refractivity contribution in [1.29, 1.82) is 0 Å². The van der Waals surface area contributed by atoms with Crippen molar-refractivity contribution in [3.63, 3.8) is 0 Å². The Labute approximate surface area is 146 Å². The van der Waals surface area contributed by atoms with Gasteiger partial charge in [0.2, 0.25) is 0 Å². The molecule has 0 spiro atoms. The van der Waals surface area contributed by atoms with Gasteiger partial charge in [-0.3, -0.25) is 4.79 Å². The lowest BCUT2D eigenvalue weighted by Gasteiger charge is -2.33. The summed E-state index contributed by atoms with van der Waals surface area (Å²) in [6.45, 7) is 4.92. The van der Waals surface area contributed by atoms with E-state index >= 15 is 0 Å². The van der Waals surface area contributed by atoms with E-state index in [4.69, 9.17) is 16.3 Å². The number of carbonyl (C=O) groups excluding carboxylic acids is 1. The zero-order valence-electron chi connectivity index (χ0n) is 13.9. The molecule has 0 aliphatic carbocycles. The Bertz CT molecular complexity index is 696. The van der Waals surface area contributed by atoms with Crippen LogP contribution in [-0.4, -0.2) is 64.8 Å². The first-order chi connectivity index (χ1) is 11.5. The van der Waals surface area contributed by atoms with Crippen molar-refractivity contribution in [2.75, 3.05) is 33.2 Å². The molecule has 0 N–H and O–H groups in total. The molecule has 3 rings (SSSR count). The summed E-state index contributed by atoms with van der Waals surface area (Å²) in [4.78, 5) is 16.5. The third-order valence-corrected chi connectivity index (χ3v) is 4.37. The van der Waals surface area contributed by atoms with E-state index in [-0.39, 0.29) is 11.8 Å². The van der Waals surface area contributed by atoms with Gasteiger partial charge in [0.1, 0.15) is 5.02 Å². The van der Waals surface area contributed by atoms with Crippen LogP contribution in [0.5, 0.6) is 5.88 Å². The van der Waals surface area contributed by atoms with E-state index in [9.17, 15) is 4.79 Å². The van der Waals surface area contributed by atoms with Crippen LogP contribution in [0.25, 0.3) is 5.69 Å². The van der Waals surface area contributed by atoms with Crippen LogP contribution >= 0.6 is 11.6 Å². The van der Waals surface area contributed by atoms with Crippen molar-refractivity contribution in [3.05, 3.63) is 41.6 Å². The number of carbonyl (C=O) groups is 1. The molecule has 24 heavy (non-hydrogen) atoms. The summed E-state index contributed by atoms with van der Waals surface area (Å²) in [5.74, 6) is 0.240. The average molecular weight is 349 g/mol. The molecule has 1 unspecified atom stereocenters. The number of rotatable bonds is 4. The fraction of sp³-hybridized carbons (Fsp3) is 0.412. The second-order valence-electron chi connectivity index (χ2n) is 5.95. The average Bonchev–Trinajstić information content (AvgIpc) is 2.96. The number of piperazine rings is 1. The third kappa shape index (κ3) is 3.71. The summed E-state index contributed by atoms with van der Waals surface area (Å²) in [6, 6.07) is 9.62. The maximum atomic E-state index is 12.5. The standard InChI is InChI=1S/C17H21ClN4O2/c1-13(17(23)21-10-8-20(2)9-11-21)24-16-15(18)12-22(19-16)14-6-4-3-5-7-14/h3-7,12-13H,8-11H2,1-2H3. The van der Waals surface area contributed by atoms with E-state index in [0.29, 0.717) is 5.02 Å². The van der Waals surface area contributed by atoms with E-state index in [2.05, 4.69) is 17.0 Å². The molecule has 0 radical (unpaired) electrons. The van der Waals surface area contributed by atoms with Gasteiger partial charge in [0.15, 0.2) is 6.10 Å². The van der Waals surface area contributed by atoms with E-state index in [1.807, 2.05) is 35.2 Å². The monoisotopic (exact) mass is 348 g/mol. The Kier molecular flexibility index (Phi) is 5.06. The molecule has 1 aliphatic rings. The molecule has 1 fully saturated rings. The first-order valence-electron chi connectivity index (χ1n) is 7.99. The zero-order chi connectivity index (χ0) is 17.1. The van der Waals surface area contributed by atoms with Crippen molar-refractivity contribution in [2.45, 2.75) is 13.0 Å². The molecular formula is C17H21ClN4O2. The van der Waals surface area contributed by atoms with Crippen LogP contribution in [0.4, 0.5) is 0 Å². The van der Waals surface area contributed by atoms with Crippen molar-refractivity contribution in [2.24, 2.45) is 0 Å². The van der Waals surface area contributed by atoms with Gasteiger partial charge in [-0.25, -0.2) is 4.68 Å². The van der Waals surface area contributed by atoms with Gasteiger partial charge < -0.3 is 14.5 Å². The number of benzene rings is 1. The minimum atomic E-state index is -0.620. The lowest BCUT2D eigenvalue weighted by atomic mass is 10.2. The second kappa shape index (κ2) is 7.23. The Morgan fingerprint density at radius 2 is 1.88 bits per heavy atom. The molecule has 6 nitrogen and oxygen atoms in total. The predicted octanol–water partition coefficient (Wildman–Crippen LogP) is 2.07. The predicted molar refractivity (Wildman–Crippen MR) is 92.7 cm³/mol. The van der Waals surface area contributed by atoms with Gasteiger partial charge in [-0.15, -0.1) is 5.10 Å². The SMILES string of the molecule is CC(Oc1nn(-c2ccccc2)cc1Cl)C(=O)N1CCN(C)CC1. The molecule has 0 saturated carbocycles. The van der Waals surface area contributed by atoms with E-state index < -0.39 is 6.10 Å². The first-order valence-corrected chi connectivity index (χ1v) is 8.37. The van der Waals surface area contributed by atoms with Gasteiger partial charge in [-0.2, -0.15) is 0 Å². The highest BCUT2D eigenvalue weighted by Gasteiger charge is 2.26. The van der Waals surface area contributed by atoms with E-state index in [1.165, 1.54) is 0 Å². The van der Waals surface area contributed by atoms with E-state index in [1.54, 1.807) is 17.8 Å². The normalized spacial score (nSPS) is 16.9. The van der Waals surface area contributed by atoms with Crippen LogP contribution in [0.2, 0.25) is 5.02 Å². The molecule has 7 heteroatoms. The molecule has 0 bridgehead atoms. The lowest BCUT2D eigenvalue weighted by Crippen LogP contribution is -2.50. The molecule has 1 aromatic heterocycles. The number of hydrogen-bond donors (Lipinski definition) is 0. The van der Waals surface area contributed by atoms with Crippen LogP contribution < -0.4 is 4.74 Å². The Hall–Kier alpha value is -2.05. The molecule has 1 aromatic carbocycles. The number of hydrogen-bond acceptors (Lipinski definition) is 4. The summed E-state index contributed by atoms with van der Waals surface area (Å²) in [6.07, 6.45) is 1.06. The van der Waals surface area contributed by atoms with E-state index in [0.717, 1.165) is 31.9 Å². The molecule has 1 amide bonds. The smallest absolute Gasteiger partial charge is 0.263 e. The summed E-state index contributed by atoms with van der Waals surface area (Å²) in [7, 11) is 2.05. The second-order valence-corrected chi connectivity index (χ2v) is 6.36. The van der Waals surface area contributed by atoms with Gasteiger partial charge in [-0.1, -0.05) is 29.8 Å². The highest BCUT2D eigenvalue weighted by Crippen LogP contribution is 2.25. The van der Waals surface area contributed by atoms with Crippen LogP contribution in [-0.2, 0) is 4.79 Å². The number of amides is 1. The van der Waals surface area contributed by atoms with Gasteiger partial charge in [0.25, 0.3) is 11.8 Å². The number of aromatic nitrogens is 2. The molecule has 2 heterocycles. The van der Waals surface area contributed by atoms with Crippen LogP contribution in [0.3, 0.4) is 0 Å². The number of para-hydroxylation sites is 1. The maximum absolute atomic E-state index is 12.5. The fourth-order valence-electron chi connectivity index (χ4n) is 2.63. The first kappa shape index (κ1) is 16.8. The van der Waals surface area contributed by atoms with Gasteiger partial charge in [0.05, 0.1) is 11.9 Å². The van der Waals surface area contributed by atoms with Crippen LogP contribution in [0, 0.1) is 0 Å². The Morgan fingerprint density at radius 1 is 1.21 bits per heavy atom. The van der Waals surface area contributed by atoms with Crippen LogP contribution in [0.1, 0.15) is 6.92 Å². The minimum Gasteiger partial charge on any atom is -0.462 e. The highest BCUT2D eigenvalue weighted by atomic mass is 35.5. The third-order valence-electron chi connectivity index (χ3n) is 4.11. The number of ether oxygens (including phenoxy) is 1. The highest BCUT2D eigenvalue weighted by molar-refractivity contribution is 6.31. The summed E-state index contributed by atoms with van der Waals surface area (Å²) in [5.41, 5.74) is 0.882. The van der Waals surface area contributed by atoms with Crippen molar-refractivity contribution >= 4 is 17.5 Å². The molecule has 128 valence electrons. The van der Waals surface area contributed by atoms with Crippen LogP contribution in [0.15, 0.2) is 36.5 Å². The maximum Gasteiger partial charge on any atom is 0.263 e. The topological polar surface area (TPSA) is 50.6 Å². The summed E-state index contributed by atoms with van der Waals surface area (Å²) < 4.78 is 7.36. The van der Waals surface area contributed by atoms with Gasteiger partial charge in [-0.05, 0) is 26.1 Å². The quantitative estimate of drug-likeness (QED) is 0.848. The number of halogens is 1. The van der Waals surface area contributed by atoms with Crippen molar-refractivity contribution in [3.8, 4) is 11.6 Å². The fourth-order valence-corrected chi connectivity index (χ4v) is 2.81. The largest absolute Gasteiger partial charge is 0.462 e. The molecule has 2 aromatic rings. The number of likely N-dealkylation sites (N-methyl/N-ethyl adjacent to an activating group) is 1. The molecule has 1 aliphatic heterocycles. The van der Waals surface area contributed by atoms with Crippen molar-refractivity contribution < 1.29 is 9.53 Å².